The van der Waals surface area contributed by atoms with Crippen molar-refractivity contribution in [3.05, 3.63) is 106 Å². The van der Waals surface area contributed by atoms with E-state index in [1.54, 1.807) is 43.3 Å². The molecule has 1 unspecified atom stereocenters. The largest absolute Gasteiger partial charge is 0.334 e. The smallest absolute Gasteiger partial charge is 0.326 e. The summed E-state index contributed by atoms with van der Waals surface area (Å²) in [4.78, 5) is 19.3. The molecule has 8 heteroatoms. The number of hydrogen-bond acceptors (Lipinski definition) is 4. The van der Waals surface area contributed by atoms with Gasteiger partial charge in [0.15, 0.2) is 0 Å². The maximum atomic E-state index is 14.1. The quantitative estimate of drug-likeness (QED) is 0.364. The Labute approximate surface area is 200 Å². The maximum Gasteiger partial charge on any atom is 0.326 e. The lowest BCUT2D eigenvalue weighted by molar-refractivity contribution is 0.244. The molecule has 1 atom stereocenters. The zero-order valence-corrected chi connectivity index (χ0v) is 19.2. The van der Waals surface area contributed by atoms with E-state index < -0.39 is 11.9 Å². The normalized spacial score (nSPS) is 16.1. The van der Waals surface area contributed by atoms with Gasteiger partial charge in [0.2, 0.25) is 5.82 Å². The van der Waals surface area contributed by atoms with Crippen LogP contribution in [0.2, 0.25) is 5.02 Å². The number of hydrogen-bond donors (Lipinski definition) is 1. The summed E-state index contributed by atoms with van der Waals surface area (Å²) in [5.41, 5.74) is 4.22. The van der Waals surface area contributed by atoms with Crippen LogP contribution in [0.4, 0.5) is 14.9 Å². The number of carbonyl (C=O) groups excluding carboxylic acids is 1. The van der Waals surface area contributed by atoms with E-state index in [4.69, 9.17) is 16.1 Å². The van der Waals surface area contributed by atoms with Gasteiger partial charge in [-0.25, -0.2) is 9.18 Å². The molecule has 3 aromatic carbocycles. The van der Waals surface area contributed by atoms with E-state index in [2.05, 4.69) is 15.5 Å². The molecule has 6 nitrogen and oxygen atoms in total. The van der Waals surface area contributed by atoms with Crippen molar-refractivity contribution in [2.24, 2.45) is 0 Å². The van der Waals surface area contributed by atoms with Crippen molar-refractivity contribution in [3.8, 4) is 11.4 Å². The number of aryl methyl sites for hydroxylation is 1. The molecule has 0 radical (unpaired) electrons. The lowest BCUT2D eigenvalue weighted by Crippen LogP contribution is -2.46. The van der Waals surface area contributed by atoms with Gasteiger partial charge in [-0.3, -0.25) is 4.90 Å². The average Bonchev–Trinajstić information content (AvgIpc) is 3.30. The van der Waals surface area contributed by atoms with Crippen LogP contribution in [0.5, 0.6) is 0 Å². The Hall–Kier alpha value is -3.97. The van der Waals surface area contributed by atoms with Gasteiger partial charge in [0.1, 0.15) is 5.82 Å². The summed E-state index contributed by atoms with van der Waals surface area (Å²) in [6, 6.07) is 19.7. The molecule has 0 saturated carbocycles. The van der Waals surface area contributed by atoms with Crippen LogP contribution in [0.25, 0.3) is 17.0 Å². The highest BCUT2D eigenvalue weighted by Gasteiger charge is 2.36. The monoisotopic (exact) mass is 474 g/mol. The van der Waals surface area contributed by atoms with E-state index in [9.17, 15) is 9.18 Å². The topological polar surface area (TPSA) is 71.3 Å². The van der Waals surface area contributed by atoms with Crippen LogP contribution in [0.1, 0.15) is 30.0 Å². The zero-order chi connectivity index (χ0) is 23.8. The van der Waals surface area contributed by atoms with Gasteiger partial charge in [0, 0.05) is 16.3 Å². The SMILES string of the molecule is CC1=C(c2nc(-c3cccc(C)c3)no2)C(c2cccc(F)c2)NC(=O)N1c1ccc(Cl)cc1. The molecule has 0 saturated heterocycles. The molecule has 1 aromatic heterocycles. The lowest BCUT2D eigenvalue weighted by atomic mass is 9.94. The van der Waals surface area contributed by atoms with Crippen molar-refractivity contribution in [1.82, 2.24) is 15.5 Å². The van der Waals surface area contributed by atoms with Crippen LogP contribution in [0.15, 0.2) is 83.0 Å². The predicted octanol–water partition coefficient (Wildman–Crippen LogP) is 6.54. The summed E-state index contributed by atoms with van der Waals surface area (Å²) in [6.07, 6.45) is 0. The second kappa shape index (κ2) is 8.76. The van der Waals surface area contributed by atoms with E-state index in [0.717, 1.165) is 11.1 Å². The Bertz CT molecular complexity index is 1410. The van der Waals surface area contributed by atoms with Gasteiger partial charge in [-0.05, 0) is 61.9 Å². The van der Waals surface area contributed by atoms with Gasteiger partial charge >= 0.3 is 6.03 Å². The molecule has 0 spiro atoms. The van der Waals surface area contributed by atoms with Crippen molar-refractivity contribution in [3.63, 3.8) is 0 Å². The third kappa shape index (κ3) is 4.06. The standard InChI is InChI=1S/C26H20ClFN4O2/c1-15-5-3-7-18(13-15)24-30-25(34-31-24)22-16(2)32(21-11-9-19(27)10-12-21)26(33)29-23(22)17-6-4-8-20(28)14-17/h3-14,23H,1-2H3,(H,29,33). The highest BCUT2D eigenvalue weighted by atomic mass is 35.5. The summed E-state index contributed by atoms with van der Waals surface area (Å²) >= 11 is 6.04. The van der Waals surface area contributed by atoms with E-state index >= 15 is 0 Å². The number of halogens is 2. The minimum atomic E-state index is -0.683. The second-order valence-electron chi connectivity index (χ2n) is 8.04. The first-order valence-electron chi connectivity index (χ1n) is 10.6. The molecule has 2 heterocycles. The number of carbonyl (C=O) groups is 1. The first kappa shape index (κ1) is 21.9. The van der Waals surface area contributed by atoms with Gasteiger partial charge < -0.3 is 9.84 Å². The molecular weight excluding hydrogens is 455 g/mol. The Balaban J connectivity index is 1.66. The molecule has 170 valence electrons. The van der Waals surface area contributed by atoms with E-state index in [0.29, 0.717) is 33.4 Å². The molecule has 5 rings (SSSR count). The predicted molar refractivity (Wildman–Crippen MR) is 129 cm³/mol. The number of allylic oxidation sites excluding steroid dienone is 1. The Kier molecular flexibility index (Phi) is 5.63. The van der Waals surface area contributed by atoms with Crippen molar-refractivity contribution in [2.75, 3.05) is 4.90 Å². The summed E-state index contributed by atoms with van der Waals surface area (Å²) in [5.74, 6) is 0.254. The third-order valence-electron chi connectivity index (χ3n) is 5.68. The van der Waals surface area contributed by atoms with Gasteiger partial charge in [-0.15, -0.1) is 0 Å². The minimum Gasteiger partial charge on any atom is -0.334 e. The Morgan fingerprint density at radius 2 is 1.79 bits per heavy atom. The van der Waals surface area contributed by atoms with Crippen LogP contribution in [0, 0.1) is 12.7 Å². The molecule has 0 aliphatic carbocycles. The van der Waals surface area contributed by atoms with E-state index in [1.165, 1.54) is 17.0 Å². The molecule has 1 N–H and O–H groups in total. The molecule has 1 aliphatic heterocycles. The fourth-order valence-electron chi connectivity index (χ4n) is 4.09. The molecule has 0 fully saturated rings. The number of nitrogens with one attached hydrogen (secondary N) is 1. The number of rotatable bonds is 4. The third-order valence-corrected chi connectivity index (χ3v) is 5.94. The van der Waals surface area contributed by atoms with Gasteiger partial charge in [-0.1, -0.05) is 52.7 Å². The fourth-order valence-corrected chi connectivity index (χ4v) is 4.22. The Morgan fingerprint density at radius 3 is 2.53 bits per heavy atom. The van der Waals surface area contributed by atoms with Crippen molar-refractivity contribution >= 4 is 28.9 Å². The summed E-state index contributed by atoms with van der Waals surface area (Å²) < 4.78 is 19.8. The minimum absolute atomic E-state index is 0.238. The first-order chi connectivity index (χ1) is 16.4. The number of benzene rings is 3. The fraction of sp³-hybridized carbons (Fsp3) is 0.115. The first-order valence-corrected chi connectivity index (χ1v) is 11.0. The van der Waals surface area contributed by atoms with Gasteiger partial charge in [0.05, 0.1) is 17.3 Å². The van der Waals surface area contributed by atoms with Crippen molar-refractivity contribution in [2.45, 2.75) is 19.9 Å². The number of amides is 2. The highest BCUT2D eigenvalue weighted by Crippen LogP contribution is 2.39. The molecule has 4 aromatic rings. The zero-order valence-electron chi connectivity index (χ0n) is 18.4. The average molecular weight is 475 g/mol. The molecule has 2 amide bonds. The van der Waals surface area contributed by atoms with Crippen LogP contribution in [-0.4, -0.2) is 16.2 Å². The summed E-state index contributed by atoms with van der Waals surface area (Å²) in [7, 11) is 0. The molecule has 0 bridgehead atoms. The summed E-state index contributed by atoms with van der Waals surface area (Å²) in [6.45, 7) is 3.78. The number of aromatic nitrogens is 2. The summed E-state index contributed by atoms with van der Waals surface area (Å²) in [5, 5.41) is 7.69. The Morgan fingerprint density at radius 1 is 1.03 bits per heavy atom. The van der Waals surface area contributed by atoms with Gasteiger partial charge in [-0.2, -0.15) is 4.98 Å². The van der Waals surface area contributed by atoms with Crippen LogP contribution >= 0.6 is 11.6 Å². The van der Waals surface area contributed by atoms with E-state index in [-0.39, 0.29) is 11.9 Å². The number of urea groups is 1. The number of anilines is 1. The highest BCUT2D eigenvalue weighted by molar-refractivity contribution is 6.30. The van der Waals surface area contributed by atoms with Crippen LogP contribution in [-0.2, 0) is 0 Å². The van der Waals surface area contributed by atoms with Crippen molar-refractivity contribution < 1.29 is 13.7 Å². The maximum absolute atomic E-state index is 14.1. The lowest BCUT2D eigenvalue weighted by Gasteiger charge is -2.35. The van der Waals surface area contributed by atoms with E-state index in [1.807, 2.05) is 31.2 Å². The molecule has 1 aliphatic rings. The van der Waals surface area contributed by atoms with Crippen LogP contribution < -0.4 is 10.2 Å². The van der Waals surface area contributed by atoms with Crippen LogP contribution in [0.3, 0.4) is 0 Å². The van der Waals surface area contributed by atoms with Gasteiger partial charge in [0.25, 0.3) is 5.89 Å². The molecule has 34 heavy (non-hydrogen) atoms. The number of nitrogens with zero attached hydrogens (tertiary/aromatic N) is 3. The van der Waals surface area contributed by atoms with Crippen molar-refractivity contribution in [1.29, 1.82) is 0 Å². The second-order valence-corrected chi connectivity index (χ2v) is 8.48. The molecular formula is C26H20ClFN4O2.